The molecular formula is C30H31N5O3. The van der Waals surface area contributed by atoms with Crippen LogP contribution in [0.4, 0.5) is 0 Å². The number of carbonyl (C=O) groups is 1. The quantitative estimate of drug-likeness (QED) is 0.407. The summed E-state index contributed by atoms with van der Waals surface area (Å²) in [6.45, 7) is 4.37. The molecule has 0 saturated heterocycles. The molecule has 194 valence electrons. The minimum atomic E-state index is -0.172. The third-order valence-electron chi connectivity index (χ3n) is 7.50. The fourth-order valence-electron chi connectivity index (χ4n) is 5.48. The van der Waals surface area contributed by atoms with Gasteiger partial charge in [0.2, 0.25) is 0 Å². The van der Waals surface area contributed by atoms with Crippen LogP contribution in [-0.4, -0.2) is 33.2 Å². The van der Waals surface area contributed by atoms with Crippen molar-refractivity contribution in [2.24, 2.45) is 5.92 Å². The molecule has 0 aliphatic heterocycles. The Kier molecular flexibility index (Phi) is 7.01. The van der Waals surface area contributed by atoms with Gasteiger partial charge in [0.25, 0.3) is 5.91 Å². The minimum absolute atomic E-state index is 0.0759. The Morgan fingerprint density at radius 3 is 2.55 bits per heavy atom. The van der Waals surface area contributed by atoms with Crippen molar-refractivity contribution in [3.63, 3.8) is 0 Å². The van der Waals surface area contributed by atoms with E-state index >= 15 is 0 Å². The van der Waals surface area contributed by atoms with Gasteiger partial charge in [-0.2, -0.15) is 5.26 Å². The second-order valence-electron chi connectivity index (χ2n) is 10.0. The summed E-state index contributed by atoms with van der Waals surface area (Å²) >= 11 is 0. The summed E-state index contributed by atoms with van der Waals surface area (Å²) in [6, 6.07) is 17.1. The van der Waals surface area contributed by atoms with E-state index in [2.05, 4.69) is 16.4 Å². The van der Waals surface area contributed by atoms with Gasteiger partial charge in [-0.05, 0) is 81.3 Å². The standard InChI is InChI=1S/C30H31N5O3/c1-19-15-23(20(2)32-17-19)29(36)33-22-13-11-21(12-14-22)18-34-26-7-4-5-8-27(26)35(30(34)37)25-9-6-10-28(38-3)24(25)16-31/h4-10,15,17,21-22H,11-14,18H2,1-3H3,(H,33,36). The molecule has 0 spiro atoms. The van der Waals surface area contributed by atoms with Crippen LogP contribution in [0.15, 0.2) is 59.5 Å². The highest BCUT2D eigenvalue weighted by Crippen LogP contribution is 2.29. The molecule has 1 fully saturated rings. The first-order chi connectivity index (χ1) is 18.4. The molecule has 0 unspecified atom stereocenters. The normalized spacial score (nSPS) is 17.2. The van der Waals surface area contributed by atoms with Gasteiger partial charge in [0, 0.05) is 24.5 Å². The molecule has 1 aliphatic rings. The van der Waals surface area contributed by atoms with Crippen LogP contribution >= 0.6 is 0 Å². The number of methoxy groups -OCH3 is 1. The van der Waals surface area contributed by atoms with Crippen LogP contribution in [0.1, 0.15) is 52.9 Å². The molecule has 38 heavy (non-hydrogen) atoms. The lowest BCUT2D eigenvalue weighted by atomic mass is 9.85. The van der Waals surface area contributed by atoms with E-state index in [1.165, 1.54) is 7.11 Å². The van der Waals surface area contributed by atoms with Gasteiger partial charge in [0.1, 0.15) is 17.4 Å². The van der Waals surface area contributed by atoms with Crippen LogP contribution in [0.2, 0.25) is 0 Å². The molecule has 1 amide bonds. The van der Waals surface area contributed by atoms with Gasteiger partial charge in [0.05, 0.1) is 29.4 Å². The highest BCUT2D eigenvalue weighted by Gasteiger charge is 2.26. The number of hydrogen-bond donors (Lipinski definition) is 1. The highest BCUT2D eigenvalue weighted by molar-refractivity contribution is 5.95. The Balaban J connectivity index is 1.36. The Bertz CT molecular complexity index is 1600. The first-order valence-electron chi connectivity index (χ1n) is 12.9. The molecule has 8 nitrogen and oxygen atoms in total. The topological polar surface area (TPSA) is 102 Å². The summed E-state index contributed by atoms with van der Waals surface area (Å²) in [7, 11) is 1.52. The number of nitriles is 1. The number of nitrogens with one attached hydrogen (secondary N) is 1. The number of imidazole rings is 1. The lowest BCUT2D eigenvalue weighted by molar-refractivity contribution is 0.0919. The van der Waals surface area contributed by atoms with Crippen molar-refractivity contribution in [1.29, 1.82) is 5.26 Å². The van der Waals surface area contributed by atoms with Gasteiger partial charge < -0.3 is 10.1 Å². The minimum Gasteiger partial charge on any atom is -0.495 e. The number of benzene rings is 2. The summed E-state index contributed by atoms with van der Waals surface area (Å²) in [6.07, 6.45) is 5.30. The van der Waals surface area contributed by atoms with Gasteiger partial charge >= 0.3 is 5.69 Å². The average Bonchev–Trinajstić information content (AvgIpc) is 3.21. The van der Waals surface area contributed by atoms with E-state index in [4.69, 9.17) is 4.74 Å². The van der Waals surface area contributed by atoms with E-state index < -0.39 is 0 Å². The van der Waals surface area contributed by atoms with Crippen LogP contribution in [-0.2, 0) is 6.54 Å². The second kappa shape index (κ2) is 10.5. The molecule has 8 heteroatoms. The van der Waals surface area contributed by atoms with Crippen LogP contribution in [0.3, 0.4) is 0 Å². The smallest absolute Gasteiger partial charge is 0.333 e. The van der Waals surface area contributed by atoms with Crippen molar-refractivity contribution in [2.75, 3.05) is 7.11 Å². The van der Waals surface area contributed by atoms with Gasteiger partial charge in [0.15, 0.2) is 0 Å². The number of fused-ring (bicyclic) bond motifs is 1. The Labute approximate surface area is 221 Å². The average molecular weight is 510 g/mol. The Morgan fingerprint density at radius 2 is 1.84 bits per heavy atom. The summed E-state index contributed by atoms with van der Waals surface area (Å²) in [5.41, 5.74) is 4.58. The predicted octanol–water partition coefficient (Wildman–Crippen LogP) is 4.67. The van der Waals surface area contributed by atoms with Gasteiger partial charge in [-0.3, -0.25) is 18.9 Å². The molecule has 5 rings (SSSR count). The number of hydrogen-bond acceptors (Lipinski definition) is 5. The number of ether oxygens (including phenoxy) is 1. The molecule has 0 atom stereocenters. The number of amides is 1. The Hall–Kier alpha value is -4.38. The molecule has 1 aliphatic carbocycles. The van der Waals surface area contributed by atoms with Crippen molar-refractivity contribution in [3.8, 4) is 17.5 Å². The molecule has 1 N–H and O–H groups in total. The van der Waals surface area contributed by atoms with Crippen LogP contribution in [0.25, 0.3) is 16.7 Å². The molecule has 2 aromatic carbocycles. The first kappa shape index (κ1) is 25.3. The molecule has 4 aromatic rings. The molecule has 0 bridgehead atoms. The van der Waals surface area contributed by atoms with E-state index in [9.17, 15) is 14.9 Å². The fourth-order valence-corrected chi connectivity index (χ4v) is 5.48. The number of carbonyl (C=O) groups excluding carboxylic acids is 1. The Morgan fingerprint density at radius 1 is 1.11 bits per heavy atom. The summed E-state index contributed by atoms with van der Waals surface area (Å²) in [4.78, 5) is 30.9. The second-order valence-corrected chi connectivity index (χ2v) is 10.0. The van der Waals surface area contributed by atoms with E-state index in [-0.39, 0.29) is 17.6 Å². The summed E-state index contributed by atoms with van der Waals surface area (Å²) in [5.74, 6) is 0.669. The van der Waals surface area contributed by atoms with Crippen LogP contribution in [0, 0.1) is 31.1 Å². The predicted molar refractivity (Wildman–Crippen MR) is 146 cm³/mol. The van der Waals surface area contributed by atoms with E-state index in [0.717, 1.165) is 48.0 Å². The van der Waals surface area contributed by atoms with E-state index in [1.54, 1.807) is 29.0 Å². The maximum atomic E-state index is 13.8. The lowest BCUT2D eigenvalue weighted by Crippen LogP contribution is -2.39. The fraction of sp³-hybridized carbons (Fsp3) is 0.333. The van der Waals surface area contributed by atoms with Crippen molar-refractivity contribution < 1.29 is 9.53 Å². The lowest BCUT2D eigenvalue weighted by Gasteiger charge is -2.29. The number of para-hydroxylation sites is 2. The van der Waals surface area contributed by atoms with Crippen molar-refractivity contribution in [1.82, 2.24) is 19.4 Å². The number of aromatic nitrogens is 3. The maximum absolute atomic E-state index is 13.8. The third-order valence-corrected chi connectivity index (χ3v) is 7.50. The number of aryl methyl sites for hydroxylation is 2. The zero-order chi connectivity index (χ0) is 26.8. The molecule has 2 heterocycles. The van der Waals surface area contributed by atoms with Gasteiger partial charge in [-0.1, -0.05) is 18.2 Å². The SMILES string of the molecule is COc1cccc(-n2c(=O)n(CC3CCC(NC(=O)c4cc(C)cnc4C)CC3)c3ccccc32)c1C#N. The zero-order valence-corrected chi connectivity index (χ0v) is 21.9. The van der Waals surface area contributed by atoms with Gasteiger partial charge in [-0.25, -0.2) is 4.79 Å². The molecule has 1 saturated carbocycles. The van der Waals surface area contributed by atoms with Crippen molar-refractivity contribution in [3.05, 3.63) is 87.6 Å². The van der Waals surface area contributed by atoms with Crippen LogP contribution < -0.4 is 15.7 Å². The highest BCUT2D eigenvalue weighted by atomic mass is 16.5. The number of pyridine rings is 1. The molecule has 2 aromatic heterocycles. The van der Waals surface area contributed by atoms with Crippen molar-refractivity contribution in [2.45, 2.75) is 52.1 Å². The van der Waals surface area contributed by atoms with E-state index in [0.29, 0.717) is 35.0 Å². The van der Waals surface area contributed by atoms with Crippen LogP contribution in [0.5, 0.6) is 5.75 Å². The zero-order valence-electron chi connectivity index (χ0n) is 21.9. The van der Waals surface area contributed by atoms with Gasteiger partial charge in [-0.15, -0.1) is 0 Å². The third kappa shape index (κ3) is 4.68. The monoisotopic (exact) mass is 509 g/mol. The van der Waals surface area contributed by atoms with Crippen molar-refractivity contribution >= 4 is 16.9 Å². The molecular weight excluding hydrogens is 478 g/mol. The summed E-state index contributed by atoms with van der Waals surface area (Å²) in [5, 5.41) is 13.0. The number of rotatable bonds is 6. The number of nitrogens with zero attached hydrogens (tertiary/aromatic N) is 4. The maximum Gasteiger partial charge on any atom is 0.333 e. The largest absolute Gasteiger partial charge is 0.495 e. The first-order valence-corrected chi connectivity index (χ1v) is 12.9. The van der Waals surface area contributed by atoms with E-state index in [1.807, 2.05) is 48.7 Å². The molecule has 0 radical (unpaired) electrons. The summed E-state index contributed by atoms with van der Waals surface area (Å²) < 4.78 is 8.81.